The summed E-state index contributed by atoms with van der Waals surface area (Å²) in [5.41, 5.74) is -0.348. The molecule has 26 heavy (non-hydrogen) atoms. The van der Waals surface area contributed by atoms with E-state index in [4.69, 9.17) is 14.5 Å². The topological polar surface area (TPSA) is 104 Å². The summed E-state index contributed by atoms with van der Waals surface area (Å²) in [7, 11) is 0. The zero-order valence-corrected chi connectivity index (χ0v) is 14.7. The zero-order valence-electron chi connectivity index (χ0n) is 14.7. The molecule has 2 aromatic rings. The van der Waals surface area contributed by atoms with Gasteiger partial charge in [-0.05, 0) is 39.0 Å². The first-order valence-corrected chi connectivity index (χ1v) is 8.10. The Kier molecular flexibility index (Phi) is 4.64. The van der Waals surface area contributed by atoms with Gasteiger partial charge in [-0.15, -0.1) is 0 Å². The third-order valence-corrected chi connectivity index (χ3v) is 3.94. The summed E-state index contributed by atoms with van der Waals surface area (Å²) in [5.74, 6) is 0.125. The Balaban J connectivity index is 1.77. The average Bonchev–Trinajstić information content (AvgIpc) is 2.57. The fourth-order valence-corrected chi connectivity index (χ4v) is 3.08. The Hall–Kier alpha value is -2.94. The maximum atomic E-state index is 12.3. The maximum absolute atomic E-state index is 12.3. The van der Waals surface area contributed by atoms with Crippen molar-refractivity contribution in [2.75, 3.05) is 13.1 Å². The molecule has 0 aliphatic carbocycles. The molecule has 0 spiro atoms. The summed E-state index contributed by atoms with van der Waals surface area (Å²) in [4.78, 5) is 38.6. The molecule has 1 atom stereocenters. The molecular weight excluding hydrogens is 342 g/mol. The largest absolute Gasteiger partial charge is 0.453 e. The summed E-state index contributed by atoms with van der Waals surface area (Å²) in [6.07, 6.45) is 0.691. The Morgan fingerprint density at radius 2 is 2.19 bits per heavy atom. The number of non-ortho nitro benzene ring substituents is 1. The van der Waals surface area contributed by atoms with Crippen molar-refractivity contribution in [2.24, 2.45) is 0 Å². The van der Waals surface area contributed by atoms with Gasteiger partial charge in [-0.2, -0.15) is 0 Å². The van der Waals surface area contributed by atoms with Crippen LogP contribution in [0.4, 0.5) is 10.5 Å². The van der Waals surface area contributed by atoms with Gasteiger partial charge < -0.3 is 4.74 Å². The summed E-state index contributed by atoms with van der Waals surface area (Å²) >= 11 is 0. The van der Waals surface area contributed by atoms with Gasteiger partial charge in [0.1, 0.15) is 5.52 Å². The zero-order chi connectivity index (χ0) is 18.9. The number of hydrogen-bond donors (Lipinski definition) is 0. The molecule has 1 amide bonds. The molecule has 1 aromatic carbocycles. The molecule has 9 nitrogen and oxygen atoms in total. The Morgan fingerprint density at radius 3 is 2.88 bits per heavy atom. The van der Waals surface area contributed by atoms with Crippen LogP contribution in [0.5, 0.6) is 5.75 Å². The van der Waals surface area contributed by atoms with E-state index in [1.54, 1.807) is 12.1 Å². The van der Waals surface area contributed by atoms with Gasteiger partial charge >= 0.3 is 6.09 Å². The number of morpholine rings is 1. The molecule has 1 fully saturated rings. The third-order valence-electron chi connectivity index (χ3n) is 3.94. The number of benzene rings is 1. The number of rotatable bonds is 3. The molecule has 2 heterocycles. The number of fused-ring (bicyclic) bond motifs is 1. The fourth-order valence-electron chi connectivity index (χ4n) is 3.08. The second kappa shape index (κ2) is 6.75. The molecule has 9 heteroatoms. The maximum Gasteiger partial charge on any atom is 0.453 e. The Morgan fingerprint density at radius 1 is 1.42 bits per heavy atom. The van der Waals surface area contributed by atoms with E-state index in [-0.39, 0.29) is 23.1 Å². The number of nitrogens with zero attached hydrogens (tertiary/aromatic N) is 3. The van der Waals surface area contributed by atoms with Crippen molar-refractivity contribution in [1.29, 1.82) is 0 Å². The van der Waals surface area contributed by atoms with Crippen LogP contribution >= 0.6 is 0 Å². The van der Waals surface area contributed by atoms with Gasteiger partial charge in [-0.25, -0.2) is 9.68 Å². The lowest BCUT2D eigenvalue weighted by Gasteiger charge is -2.40. The molecular formula is C17H19N3O6. The molecule has 0 saturated carbocycles. The second-order valence-corrected chi connectivity index (χ2v) is 6.74. The van der Waals surface area contributed by atoms with Gasteiger partial charge in [0.2, 0.25) is 5.75 Å². The van der Waals surface area contributed by atoms with Crippen LogP contribution in [0.1, 0.15) is 20.8 Å². The number of carbonyl (C=O) groups is 1. The van der Waals surface area contributed by atoms with E-state index in [2.05, 4.69) is 4.98 Å². The van der Waals surface area contributed by atoms with E-state index in [0.29, 0.717) is 18.5 Å². The lowest BCUT2D eigenvalue weighted by molar-refractivity contribution is -0.383. The Labute approximate surface area is 149 Å². The lowest BCUT2D eigenvalue weighted by Crippen LogP contribution is -2.54. The SMILES string of the molecule is C[C@@H]1CN(C(=O)OOc2ccc([N+](=O)[O-])c3cccnc23)CC(C)(C)O1. The molecule has 0 bridgehead atoms. The van der Waals surface area contributed by atoms with Crippen molar-refractivity contribution in [3.05, 3.63) is 40.6 Å². The van der Waals surface area contributed by atoms with E-state index >= 15 is 0 Å². The summed E-state index contributed by atoms with van der Waals surface area (Å²) < 4.78 is 5.75. The first-order chi connectivity index (χ1) is 12.3. The van der Waals surface area contributed by atoms with Crippen molar-refractivity contribution in [1.82, 2.24) is 9.88 Å². The Bertz CT molecular complexity index is 854. The van der Waals surface area contributed by atoms with Gasteiger partial charge in [0.15, 0.2) is 0 Å². The van der Waals surface area contributed by atoms with Gasteiger partial charge in [-0.3, -0.25) is 24.9 Å². The van der Waals surface area contributed by atoms with E-state index in [1.165, 1.54) is 23.2 Å². The molecule has 1 aliphatic rings. The molecule has 0 N–H and O–H groups in total. The second-order valence-electron chi connectivity index (χ2n) is 6.74. The normalized spacial score (nSPS) is 19.2. The minimum Gasteiger partial charge on any atom is -0.369 e. The molecule has 1 aliphatic heterocycles. The predicted octanol–water partition coefficient (Wildman–Crippen LogP) is 3.07. The van der Waals surface area contributed by atoms with Gasteiger partial charge in [0.25, 0.3) is 5.69 Å². The number of carbonyl (C=O) groups excluding carboxylic acids is 1. The van der Waals surface area contributed by atoms with E-state index < -0.39 is 16.6 Å². The third kappa shape index (κ3) is 3.67. The van der Waals surface area contributed by atoms with Crippen molar-refractivity contribution in [3.63, 3.8) is 0 Å². The van der Waals surface area contributed by atoms with Gasteiger partial charge in [0.05, 0.1) is 35.1 Å². The molecule has 1 saturated heterocycles. The monoisotopic (exact) mass is 361 g/mol. The van der Waals surface area contributed by atoms with E-state index in [9.17, 15) is 14.9 Å². The number of pyridine rings is 1. The lowest BCUT2D eigenvalue weighted by atomic mass is 10.1. The highest BCUT2D eigenvalue weighted by Crippen LogP contribution is 2.31. The van der Waals surface area contributed by atoms with E-state index in [0.717, 1.165) is 0 Å². The average molecular weight is 361 g/mol. The smallest absolute Gasteiger partial charge is 0.369 e. The predicted molar refractivity (Wildman–Crippen MR) is 91.7 cm³/mol. The van der Waals surface area contributed by atoms with Crippen molar-refractivity contribution < 1.29 is 24.2 Å². The number of nitro benzene ring substituents is 1. The fraction of sp³-hybridized carbons (Fsp3) is 0.412. The number of amides is 1. The molecule has 0 unspecified atom stereocenters. The van der Waals surface area contributed by atoms with Crippen LogP contribution < -0.4 is 4.89 Å². The summed E-state index contributed by atoms with van der Waals surface area (Å²) in [6, 6.07) is 5.78. The summed E-state index contributed by atoms with van der Waals surface area (Å²) in [5, 5.41) is 11.4. The van der Waals surface area contributed by atoms with Crippen LogP contribution in [0.15, 0.2) is 30.5 Å². The number of ether oxygens (including phenoxy) is 1. The van der Waals surface area contributed by atoms with E-state index in [1.807, 2.05) is 20.8 Å². The van der Waals surface area contributed by atoms with Crippen LogP contribution in [0.25, 0.3) is 10.9 Å². The van der Waals surface area contributed by atoms with Crippen LogP contribution in [0.3, 0.4) is 0 Å². The van der Waals surface area contributed by atoms with Crippen LogP contribution in [-0.2, 0) is 9.62 Å². The first-order valence-electron chi connectivity index (χ1n) is 8.10. The van der Waals surface area contributed by atoms with Crippen LogP contribution in [0.2, 0.25) is 0 Å². The molecule has 138 valence electrons. The number of hydrogen-bond acceptors (Lipinski definition) is 7. The minimum absolute atomic E-state index is 0.101. The molecule has 1 aromatic heterocycles. The van der Waals surface area contributed by atoms with Gasteiger partial charge in [0, 0.05) is 12.3 Å². The standard InChI is InChI=1S/C17H19N3O6/c1-11-9-19(10-17(2,3)24-11)16(21)26-25-14-7-6-13(20(22)23)12-5-4-8-18-15(12)14/h4-8,11H,9-10H2,1-3H3/t11-/m1/s1. The molecule has 3 rings (SSSR count). The minimum atomic E-state index is -0.657. The first kappa shape index (κ1) is 17.9. The summed E-state index contributed by atoms with van der Waals surface area (Å²) in [6.45, 7) is 6.38. The van der Waals surface area contributed by atoms with Crippen LogP contribution in [0, 0.1) is 10.1 Å². The number of aromatic nitrogens is 1. The highest BCUT2D eigenvalue weighted by molar-refractivity contribution is 5.92. The highest BCUT2D eigenvalue weighted by atomic mass is 17.2. The quantitative estimate of drug-likeness (QED) is 0.470. The van der Waals surface area contributed by atoms with Crippen molar-refractivity contribution >= 4 is 22.7 Å². The number of nitro groups is 1. The highest BCUT2D eigenvalue weighted by Gasteiger charge is 2.35. The van der Waals surface area contributed by atoms with Gasteiger partial charge in [-0.1, -0.05) is 0 Å². The molecule has 0 radical (unpaired) electrons. The van der Waals surface area contributed by atoms with Crippen LogP contribution in [-0.4, -0.2) is 45.7 Å². The van der Waals surface area contributed by atoms with Crippen molar-refractivity contribution in [3.8, 4) is 5.75 Å². The van der Waals surface area contributed by atoms with Crippen molar-refractivity contribution in [2.45, 2.75) is 32.5 Å².